The Bertz CT molecular complexity index is 1030. The monoisotopic (exact) mass is 433 g/mol. The van der Waals surface area contributed by atoms with Crippen LogP contribution in [0.25, 0.3) is 0 Å². The molecule has 30 heavy (non-hydrogen) atoms. The summed E-state index contributed by atoms with van der Waals surface area (Å²) in [5.74, 6) is -0.133. The minimum absolute atomic E-state index is 0.0690. The molecule has 9 nitrogen and oxygen atoms in total. The van der Waals surface area contributed by atoms with E-state index in [1.54, 1.807) is 36.4 Å². The molecule has 0 aromatic heterocycles. The first-order valence-electron chi connectivity index (χ1n) is 9.23. The summed E-state index contributed by atoms with van der Waals surface area (Å²) in [5.41, 5.74) is 0.357. The number of carbonyl (C=O) groups is 2. The van der Waals surface area contributed by atoms with Crippen molar-refractivity contribution in [1.29, 1.82) is 0 Å². The largest absolute Gasteiger partial charge is 0.497 e. The molecule has 0 aliphatic carbocycles. The minimum Gasteiger partial charge on any atom is -0.497 e. The van der Waals surface area contributed by atoms with Gasteiger partial charge in [0.2, 0.25) is 21.8 Å². The average molecular weight is 433 g/mol. The van der Waals surface area contributed by atoms with Gasteiger partial charge in [0.05, 0.1) is 31.2 Å². The number of nitrogens with one attached hydrogen (secondary N) is 2. The summed E-state index contributed by atoms with van der Waals surface area (Å²) in [6, 6.07) is 11.6. The molecule has 1 aliphatic rings. The topological polar surface area (TPSA) is 114 Å². The van der Waals surface area contributed by atoms with Crippen molar-refractivity contribution in [1.82, 2.24) is 9.62 Å². The third kappa shape index (κ3) is 4.55. The number of hydrogen-bond donors (Lipinski definition) is 2. The zero-order chi connectivity index (χ0) is 21.7. The molecule has 0 spiro atoms. The number of rotatable bonds is 7. The van der Waals surface area contributed by atoms with E-state index < -0.39 is 27.9 Å². The number of ether oxygens (including phenoxy) is 2. The molecule has 2 aromatic carbocycles. The molecule has 0 radical (unpaired) electrons. The van der Waals surface area contributed by atoms with Crippen molar-refractivity contribution in [3.8, 4) is 11.5 Å². The van der Waals surface area contributed by atoms with E-state index in [1.165, 1.54) is 26.4 Å². The van der Waals surface area contributed by atoms with Gasteiger partial charge in [0, 0.05) is 19.2 Å². The summed E-state index contributed by atoms with van der Waals surface area (Å²) in [7, 11) is -0.988. The molecule has 1 saturated heterocycles. The molecule has 2 amide bonds. The Balaban J connectivity index is 1.82. The number of carbonyl (C=O) groups excluding carboxylic acids is 2. The summed E-state index contributed by atoms with van der Waals surface area (Å²) in [5, 5.41) is 5.30. The van der Waals surface area contributed by atoms with Crippen LogP contribution in [0, 0.1) is 0 Å². The van der Waals surface area contributed by atoms with Gasteiger partial charge in [0.15, 0.2) is 0 Å². The fourth-order valence-corrected chi connectivity index (χ4v) is 4.80. The molecule has 1 heterocycles. The van der Waals surface area contributed by atoms with Crippen LogP contribution in [0.2, 0.25) is 0 Å². The van der Waals surface area contributed by atoms with Gasteiger partial charge < -0.3 is 20.1 Å². The molecular formula is C20H23N3O6S. The van der Waals surface area contributed by atoms with Gasteiger partial charge in [-0.15, -0.1) is 0 Å². The number of anilines is 1. The molecule has 2 N–H and O–H groups in total. The van der Waals surface area contributed by atoms with Crippen molar-refractivity contribution in [2.75, 3.05) is 32.6 Å². The Morgan fingerprint density at radius 3 is 2.57 bits per heavy atom. The maximum absolute atomic E-state index is 13.0. The van der Waals surface area contributed by atoms with Crippen LogP contribution in [-0.4, -0.2) is 57.9 Å². The van der Waals surface area contributed by atoms with Crippen molar-refractivity contribution >= 4 is 27.5 Å². The molecule has 0 saturated carbocycles. The number of hydrogen-bond acceptors (Lipinski definition) is 6. The van der Waals surface area contributed by atoms with Crippen LogP contribution < -0.4 is 20.1 Å². The van der Waals surface area contributed by atoms with Crippen molar-refractivity contribution in [2.24, 2.45) is 0 Å². The van der Waals surface area contributed by atoms with Gasteiger partial charge in [0.25, 0.3) is 0 Å². The minimum atomic E-state index is -3.94. The first-order chi connectivity index (χ1) is 14.4. The van der Waals surface area contributed by atoms with E-state index in [2.05, 4.69) is 10.6 Å². The predicted octanol–water partition coefficient (Wildman–Crippen LogP) is 1.22. The van der Waals surface area contributed by atoms with E-state index >= 15 is 0 Å². The number of piperazine rings is 1. The van der Waals surface area contributed by atoms with Gasteiger partial charge >= 0.3 is 0 Å². The first kappa shape index (κ1) is 21.6. The van der Waals surface area contributed by atoms with Crippen LogP contribution in [0.1, 0.15) is 6.42 Å². The van der Waals surface area contributed by atoms with Gasteiger partial charge in [-0.25, -0.2) is 8.42 Å². The van der Waals surface area contributed by atoms with Gasteiger partial charge in [0.1, 0.15) is 17.5 Å². The Kier molecular flexibility index (Phi) is 6.58. The van der Waals surface area contributed by atoms with Crippen LogP contribution >= 0.6 is 0 Å². The maximum Gasteiger partial charge on any atom is 0.243 e. The lowest BCUT2D eigenvalue weighted by atomic mass is 10.1. The maximum atomic E-state index is 13.0. The van der Waals surface area contributed by atoms with Crippen molar-refractivity contribution < 1.29 is 27.5 Å². The number of benzene rings is 2. The third-order valence-corrected chi connectivity index (χ3v) is 6.61. The third-order valence-electron chi connectivity index (χ3n) is 4.69. The summed E-state index contributed by atoms with van der Waals surface area (Å²) in [6.45, 7) is 0.246. The zero-order valence-electron chi connectivity index (χ0n) is 16.6. The van der Waals surface area contributed by atoms with Crippen LogP contribution in [-0.2, 0) is 19.6 Å². The van der Waals surface area contributed by atoms with Crippen LogP contribution in [0.4, 0.5) is 5.69 Å². The molecule has 1 unspecified atom stereocenters. The summed E-state index contributed by atoms with van der Waals surface area (Å²) >= 11 is 0. The summed E-state index contributed by atoms with van der Waals surface area (Å²) in [4.78, 5) is 25.2. The lowest BCUT2D eigenvalue weighted by molar-refractivity contribution is -0.130. The molecule has 2 aromatic rings. The lowest BCUT2D eigenvalue weighted by Crippen LogP contribution is -2.57. The molecule has 1 atom stereocenters. The number of amides is 2. The number of nitrogens with zero attached hydrogens (tertiary/aromatic N) is 1. The lowest BCUT2D eigenvalue weighted by Gasteiger charge is -2.33. The van der Waals surface area contributed by atoms with E-state index in [4.69, 9.17) is 9.47 Å². The smallest absolute Gasteiger partial charge is 0.243 e. The van der Waals surface area contributed by atoms with E-state index in [0.29, 0.717) is 17.2 Å². The van der Waals surface area contributed by atoms with Gasteiger partial charge in [-0.3, -0.25) is 9.59 Å². The van der Waals surface area contributed by atoms with Gasteiger partial charge in [-0.05, 0) is 24.3 Å². The Labute approximate surface area is 175 Å². The summed E-state index contributed by atoms with van der Waals surface area (Å²) in [6.07, 6.45) is -0.349. The highest BCUT2D eigenvalue weighted by molar-refractivity contribution is 7.89. The normalized spacial score (nSPS) is 17.1. The van der Waals surface area contributed by atoms with E-state index in [1.807, 2.05) is 0 Å². The predicted molar refractivity (Wildman–Crippen MR) is 110 cm³/mol. The molecule has 1 fully saturated rings. The van der Waals surface area contributed by atoms with Gasteiger partial charge in [-0.1, -0.05) is 18.2 Å². The Morgan fingerprint density at radius 1 is 1.17 bits per heavy atom. The quantitative estimate of drug-likeness (QED) is 0.679. The van der Waals surface area contributed by atoms with Gasteiger partial charge in [-0.2, -0.15) is 4.31 Å². The van der Waals surface area contributed by atoms with Crippen molar-refractivity contribution in [3.63, 3.8) is 0 Å². The van der Waals surface area contributed by atoms with Crippen LogP contribution in [0.15, 0.2) is 53.4 Å². The van der Waals surface area contributed by atoms with Crippen LogP contribution in [0.3, 0.4) is 0 Å². The zero-order valence-corrected chi connectivity index (χ0v) is 17.4. The molecule has 0 bridgehead atoms. The van der Waals surface area contributed by atoms with E-state index in [-0.39, 0.29) is 24.4 Å². The molecule has 3 rings (SSSR count). The average Bonchev–Trinajstić information content (AvgIpc) is 2.75. The van der Waals surface area contributed by atoms with E-state index in [9.17, 15) is 18.0 Å². The molecule has 1 aliphatic heterocycles. The summed E-state index contributed by atoms with van der Waals surface area (Å²) < 4.78 is 37.6. The second-order valence-corrected chi connectivity index (χ2v) is 8.44. The van der Waals surface area contributed by atoms with Crippen molar-refractivity contribution in [3.05, 3.63) is 48.5 Å². The second-order valence-electron chi connectivity index (χ2n) is 6.55. The second kappa shape index (κ2) is 9.14. The number of methoxy groups -OCH3 is 2. The highest BCUT2D eigenvalue weighted by Gasteiger charge is 2.39. The fraction of sp³-hybridized carbons (Fsp3) is 0.300. The highest BCUT2D eigenvalue weighted by atomic mass is 32.2. The highest BCUT2D eigenvalue weighted by Crippen LogP contribution is 2.29. The molecular weight excluding hydrogens is 410 g/mol. The fourth-order valence-electron chi connectivity index (χ4n) is 3.19. The van der Waals surface area contributed by atoms with Crippen LogP contribution in [0.5, 0.6) is 11.5 Å². The standard InChI is InChI=1S/C20H23N3O6S/c1-28-14-8-9-18(29-2)16(12-14)22-19(24)13-17-20(25)21-10-11-23(17)30(26,27)15-6-4-3-5-7-15/h3-9,12,17H,10-11,13H2,1-2H3,(H,21,25)(H,22,24). The van der Waals surface area contributed by atoms with Crippen molar-refractivity contribution in [2.45, 2.75) is 17.4 Å². The Morgan fingerprint density at radius 2 is 1.90 bits per heavy atom. The Hall–Kier alpha value is -3.11. The first-order valence-corrected chi connectivity index (χ1v) is 10.7. The number of sulfonamides is 1. The molecule has 160 valence electrons. The molecule has 10 heteroatoms. The SMILES string of the molecule is COc1ccc(OC)c(NC(=O)CC2C(=O)NCCN2S(=O)(=O)c2ccccc2)c1. The van der Waals surface area contributed by atoms with E-state index in [0.717, 1.165) is 4.31 Å².